The molecule has 0 saturated carbocycles. The first-order chi connectivity index (χ1) is 9.24. The number of piperidine rings is 1. The molecule has 2 rings (SSSR count). The molecule has 1 fully saturated rings. The maximum Gasteiger partial charge on any atom is 0.223 e. The van der Waals surface area contributed by atoms with Crippen LogP contribution >= 0.6 is 12.4 Å². The zero-order chi connectivity index (χ0) is 13.5. The molecule has 1 aromatic carbocycles. The lowest BCUT2D eigenvalue weighted by Crippen LogP contribution is -2.45. The van der Waals surface area contributed by atoms with Gasteiger partial charge in [0.1, 0.15) is 11.6 Å². The fourth-order valence-electron chi connectivity index (χ4n) is 2.07. The van der Waals surface area contributed by atoms with E-state index < -0.39 is 0 Å². The van der Waals surface area contributed by atoms with Crippen molar-refractivity contribution in [1.82, 2.24) is 10.6 Å². The van der Waals surface area contributed by atoms with Crippen molar-refractivity contribution in [3.63, 3.8) is 0 Å². The van der Waals surface area contributed by atoms with E-state index in [9.17, 15) is 9.18 Å². The zero-order valence-corrected chi connectivity index (χ0v) is 12.0. The van der Waals surface area contributed by atoms with Crippen molar-refractivity contribution in [2.75, 3.05) is 19.7 Å². The van der Waals surface area contributed by atoms with E-state index in [-0.39, 0.29) is 30.2 Å². The number of halogens is 2. The first-order valence-electron chi connectivity index (χ1n) is 6.62. The third-order valence-corrected chi connectivity index (χ3v) is 3.07. The Morgan fingerprint density at radius 2 is 2.15 bits per heavy atom. The van der Waals surface area contributed by atoms with Crippen LogP contribution in [0.5, 0.6) is 5.75 Å². The molecular formula is C14H20ClFN2O2. The van der Waals surface area contributed by atoms with E-state index >= 15 is 0 Å². The molecule has 1 aromatic rings. The summed E-state index contributed by atoms with van der Waals surface area (Å²) in [4.78, 5) is 11.7. The van der Waals surface area contributed by atoms with Gasteiger partial charge in [0.2, 0.25) is 5.91 Å². The van der Waals surface area contributed by atoms with E-state index in [0.29, 0.717) is 18.8 Å². The van der Waals surface area contributed by atoms with Crippen LogP contribution in [0.4, 0.5) is 4.39 Å². The number of carbonyl (C=O) groups is 1. The minimum Gasteiger partial charge on any atom is -0.493 e. The molecule has 0 spiro atoms. The lowest BCUT2D eigenvalue weighted by Gasteiger charge is -2.23. The first-order valence-corrected chi connectivity index (χ1v) is 6.62. The fraction of sp³-hybridized carbons (Fsp3) is 0.500. The van der Waals surface area contributed by atoms with Gasteiger partial charge < -0.3 is 15.4 Å². The van der Waals surface area contributed by atoms with Crippen molar-refractivity contribution in [3.8, 4) is 5.75 Å². The average molecular weight is 303 g/mol. The van der Waals surface area contributed by atoms with E-state index in [4.69, 9.17) is 4.74 Å². The van der Waals surface area contributed by atoms with Crippen molar-refractivity contribution in [3.05, 3.63) is 30.1 Å². The van der Waals surface area contributed by atoms with Gasteiger partial charge in [0.05, 0.1) is 13.0 Å². The van der Waals surface area contributed by atoms with Crippen LogP contribution in [0.2, 0.25) is 0 Å². The monoisotopic (exact) mass is 302 g/mol. The number of hydrogen-bond donors (Lipinski definition) is 2. The largest absolute Gasteiger partial charge is 0.493 e. The van der Waals surface area contributed by atoms with Gasteiger partial charge in [0.25, 0.3) is 0 Å². The SMILES string of the molecule is Cl.O=C(CCOc1ccc(F)cc1)N[C@H]1CCCNC1. The summed E-state index contributed by atoms with van der Waals surface area (Å²) in [5.41, 5.74) is 0. The van der Waals surface area contributed by atoms with Crippen molar-refractivity contribution < 1.29 is 13.9 Å². The molecule has 2 N–H and O–H groups in total. The van der Waals surface area contributed by atoms with Crippen molar-refractivity contribution in [2.45, 2.75) is 25.3 Å². The van der Waals surface area contributed by atoms with E-state index in [2.05, 4.69) is 10.6 Å². The van der Waals surface area contributed by atoms with Crippen LogP contribution in [0, 0.1) is 5.82 Å². The van der Waals surface area contributed by atoms with E-state index in [1.165, 1.54) is 12.1 Å². The molecule has 4 nitrogen and oxygen atoms in total. The molecular weight excluding hydrogens is 283 g/mol. The van der Waals surface area contributed by atoms with Crippen molar-refractivity contribution >= 4 is 18.3 Å². The minimum atomic E-state index is -0.296. The summed E-state index contributed by atoms with van der Waals surface area (Å²) in [7, 11) is 0. The molecule has 0 unspecified atom stereocenters. The lowest BCUT2D eigenvalue weighted by atomic mass is 10.1. The van der Waals surface area contributed by atoms with E-state index in [1.807, 2.05) is 0 Å². The molecule has 0 bridgehead atoms. The van der Waals surface area contributed by atoms with Crippen molar-refractivity contribution in [2.24, 2.45) is 0 Å². The Morgan fingerprint density at radius 1 is 1.40 bits per heavy atom. The fourth-order valence-corrected chi connectivity index (χ4v) is 2.07. The lowest BCUT2D eigenvalue weighted by molar-refractivity contribution is -0.122. The minimum absolute atomic E-state index is 0. The van der Waals surface area contributed by atoms with Gasteiger partial charge in [-0.25, -0.2) is 4.39 Å². The highest BCUT2D eigenvalue weighted by molar-refractivity contribution is 5.85. The molecule has 0 radical (unpaired) electrons. The molecule has 6 heteroatoms. The zero-order valence-electron chi connectivity index (χ0n) is 11.2. The number of carbonyl (C=O) groups excluding carboxylic acids is 1. The maximum absolute atomic E-state index is 12.7. The predicted molar refractivity (Wildman–Crippen MR) is 77.8 cm³/mol. The number of hydrogen-bond acceptors (Lipinski definition) is 3. The second-order valence-electron chi connectivity index (χ2n) is 4.66. The van der Waals surface area contributed by atoms with Crippen LogP contribution in [0.25, 0.3) is 0 Å². The summed E-state index contributed by atoms with van der Waals surface area (Å²) in [5, 5.41) is 6.22. The molecule has 1 saturated heterocycles. The molecule has 1 atom stereocenters. The summed E-state index contributed by atoms with van der Waals surface area (Å²) >= 11 is 0. The van der Waals surface area contributed by atoms with Crippen molar-refractivity contribution in [1.29, 1.82) is 0 Å². The molecule has 20 heavy (non-hydrogen) atoms. The number of rotatable bonds is 5. The molecule has 1 aliphatic rings. The van der Waals surface area contributed by atoms with Gasteiger partial charge in [0, 0.05) is 12.6 Å². The third-order valence-electron chi connectivity index (χ3n) is 3.07. The normalized spacial score (nSPS) is 17.9. The van der Waals surface area contributed by atoms with Crippen LogP contribution < -0.4 is 15.4 Å². The molecule has 112 valence electrons. The quantitative estimate of drug-likeness (QED) is 0.873. The Balaban J connectivity index is 0.00000200. The third kappa shape index (κ3) is 5.75. The molecule has 1 amide bonds. The van der Waals surface area contributed by atoms with Crippen LogP contribution in [-0.2, 0) is 4.79 Å². The summed E-state index contributed by atoms with van der Waals surface area (Å²) in [6, 6.07) is 6.01. The highest BCUT2D eigenvalue weighted by Gasteiger charge is 2.14. The van der Waals surface area contributed by atoms with Crippen LogP contribution in [0.15, 0.2) is 24.3 Å². The van der Waals surface area contributed by atoms with Gasteiger partial charge in [-0.2, -0.15) is 0 Å². The van der Waals surface area contributed by atoms with Gasteiger partial charge in [0.15, 0.2) is 0 Å². The summed E-state index contributed by atoms with van der Waals surface area (Å²) in [6.45, 7) is 2.17. The average Bonchev–Trinajstić information content (AvgIpc) is 2.42. The molecule has 1 aliphatic heterocycles. The number of amides is 1. The Morgan fingerprint density at radius 3 is 2.80 bits per heavy atom. The van der Waals surface area contributed by atoms with Crippen LogP contribution in [0.3, 0.4) is 0 Å². The second-order valence-corrected chi connectivity index (χ2v) is 4.66. The van der Waals surface area contributed by atoms with Gasteiger partial charge in [-0.15, -0.1) is 12.4 Å². The first kappa shape index (κ1) is 16.7. The Hall–Kier alpha value is -1.33. The Kier molecular flexibility index (Phi) is 7.33. The molecule has 0 aromatic heterocycles. The summed E-state index contributed by atoms with van der Waals surface area (Å²) < 4.78 is 18.0. The van der Waals surface area contributed by atoms with Crippen LogP contribution in [-0.4, -0.2) is 31.6 Å². The van der Waals surface area contributed by atoms with Crippen LogP contribution in [0.1, 0.15) is 19.3 Å². The Labute approximate surface area is 124 Å². The number of ether oxygens (including phenoxy) is 1. The van der Waals surface area contributed by atoms with Gasteiger partial charge in [-0.05, 0) is 43.7 Å². The van der Waals surface area contributed by atoms with Gasteiger partial charge >= 0.3 is 0 Å². The number of benzene rings is 1. The summed E-state index contributed by atoms with van der Waals surface area (Å²) in [6.07, 6.45) is 2.43. The number of nitrogens with one attached hydrogen (secondary N) is 2. The second kappa shape index (κ2) is 8.76. The van der Waals surface area contributed by atoms with Gasteiger partial charge in [-0.1, -0.05) is 0 Å². The van der Waals surface area contributed by atoms with E-state index in [1.54, 1.807) is 12.1 Å². The van der Waals surface area contributed by atoms with Gasteiger partial charge in [-0.3, -0.25) is 4.79 Å². The topological polar surface area (TPSA) is 50.4 Å². The Bertz CT molecular complexity index is 408. The summed E-state index contributed by atoms with van der Waals surface area (Å²) in [5.74, 6) is 0.277. The highest BCUT2D eigenvalue weighted by atomic mass is 35.5. The highest BCUT2D eigenvalue weighted by Crippen LogP contribution is 2.11. The molecule has 0 aliphatic carbocycles. The maximum atomic E-state index is 12.7. The predicted octanol–water partition coefficient (Wildman–Crippen LogP) is 1.88. The molecule has 1 heterocycles. The smallest absolute Gasteiger partial charge is 0.223 e. The standard InChI is InChI=1S/C14H19FN2O2.ClH/c15-11-3-5-13(6-4-11)19-9-7-14(18)17-12-2-1-8-16-10-12;/h3-6,12,16H,1-2,7-10H2,(H,17,18);1H/t12-;/m0./s1. The van der Waals surface area contributed by atoms with E-state index in [0.717, 1.165) is 25.9 Å².